The molecule has 7 heteroatoms. The highest BCUT2D eigenvalue weighted by molar-refractivity contribution is 6.31. The minimum Gasteiger partial charge on any atom is -0.494 e. The Labute approximate surface area is 271 Å². The number of halogens is 1. The van der Waals surface area contributed by atoms with Gasteiger partial charge in [0.15, 0.2) is 11.5 Å². The highest BCUT2D eigenvalue weighted by Gasteiger charge is 2.23. The molecule has 0 spiro atoms. The molecular formula is C38H40ClN3O3. The van der Waals surface area contributed by atoms with Crippen LogP contribution in [-0.4, -0.2) is 27.9 Å². The Kier molecular flexibility index (Phi) is 9.72. The molecule has 1 aromatic heterocycles. The van der Waals surface area contributed by atoms with E-state index in [4.69, 9.17) is 30.8 Å². The minimum absolute atomic E-state index is 0.258. The number of hydrogen-bond acceptors (Lipinski definition) is 5. The van der Waals surface area contributed by atoms with Gasteiger partial charge in [0.1, 0.15) is 11.6 Å². The third-order valence-corrected chi connectivity index (χ3v) is 8.52. The largest absolute Gasteiger partial charge is 0.494 e. The van der Waals surface area contributed by atoms with Crippen LogP contribution in [0.15, 0.2) is 91.0 Å². The molecule has 2 heterocycles. The van der Waals surface area contributed by atoms with Crippen molar-refractivity contribution in [1.29, 1.82) is 0 Å². The van der Waals surface area contributed by atoms with E-state index in [0.717, 1.165) is 82.0 Å². The van der Waals surface area contributed by atoms with Gasteiger partial charge in [-0.1, -0.05) is 85.6 Å². The summed E-state index contributed by atoms with van der Waals surface area (Å²) < 4.78 is 19.6. The number of fused-ring (bicyclic) bond motifs is 1. The van der Waals surface area contributed by atoms with Crippen molar-refractivity contribution in [3.8, 4) is 39.9 Å². The molecule has 0 amide bonds. The average molecular weight is 622 g/mol. The SMILES string of the molecule is CCCCn1c(-c2ccccc2)nc(-c2ccc(C)c(Cl)c2)c1CN(Cc1cccc(OCC)c1)Cc1ccc2c(c1)OCO2. The number of benzene rings is 4. The summed E-state index contributed by atoms with van der Waals surface area (Å²) >= 11 is 6.69. The first-order chi connectivity index (χ1) is 22.0. The number of rotatable bonds is 13. The highest BCUT2D eigenvalue weighted by Crippen LogP contribution is 2.35. The molecule has 0 aliphatic carbocycles. The standard InChI is InChI=1S/C38H40ClN3O3/c1-4-6-19-42-34(37(31-17-15-27(3)33(39)22-31)40-38(42)30-12-8-7-9-13-30)25-41(23-28-11-10-14-32(20-28)43-5-2)24-29-16-18-35-36(21-29)45-26-44-35/h7-18,20-22H,4-6,19,23-26H2,1-3H3. The molecule has 0 saturated heterocycles. The summed E-state index contributed by atoms with van der Waals surface area (Å²) in [5, 5.41) is 0.743. The lowest BCUT2D eigenvalue weighted by Crippen LogP contribution is -2.24. The van der Waals surface area contributed by atoms with Crippen molar-refractivity contribution in [2.24, 2.45) is 0 Å². The van der Waals surface area contributed by atoms with E-state index in [-0.39, 0.29) is 6.79 Å². The predicted molar refractivity (Wildman–Crippen MR) is 181 cm³/mol. The third kappa shape index (κ3) is 7.19. The minimum atomic E-state index is 0.258. The molecule has 0 saturated carbocycles. The first-order valence-corrected chi connectivity index (χ1v) is 16.1. The molecule has 6 nitrogen and oxygen atoms in total. The van der Waals surface area contributed by atoms with E-state index in [1.54, 1.807) is 0 Å². The molecule has 1 aliphatic heterocycles. The summed E-state index contributed by atoms with van der Waals surface area (Å²) in [7, 11) is 0. The molecule has 45 heavy (non-hydrogen) atoms. The van der Waals surface area contributed by atoms with Gasteiger partial charge in [0, 0.05) is 42.3 Å². The lowest BCUT2D eigenvalue weighted by atomic mass is 10.1. The van der Waals surface area contributed by atoms with Gasteiger partial charge in [-0.25, -0.2) is 4.98 Å². The van der Waals surface area contributed by atoms with Crippen LogP contribution < -0.4 is 14.2 Å². The first kappa shape index (κ1) is 30.8. The van der Waals surface area contributed by atoms with Crippen LogP contribution in [0.4, 0.5) is 0 Å². The second kappa shape index (κ2) is 14.2. The molecule has 5 aromatic rings. The molecule has 0 N–H and O–H groups in total. The van der Waals surface area contributed by atoms with Gasteiger partial charge in [-0.05, 0) is 67.3 Å². The Morgan fingerprint density at radius 1 is 0.822 bits per heavy atom. The molecule has 4 aromatic carbocycles. The fourth-order valence-electron chi connectivity index (χ4n) is 5.82. The van der Waals surface area contributed by atoms with Gasteiger partial charge in [-0.3, -0.25) is 4.90 Å². The molecular weight excluding hydrogens is 582 g/mol. The quantitative estimate of drug-likeness (QED) is 0.131. The van der Waals surface area contributed by atoms with Crippen LogP contribution in [0.1, 0.15) is 49.1 Å². The van der Waals surface area contributed by atoms with Crippen molar-refractivity contribution in [2.45, 2.75) is 59.8 Å². The lowest BCUT2D eigenvalue weighted by molar-refractivity contribution is 0.174. The Morgan fingerprint density at radius 3 is 2.40 bits per heavy atom. The number of imidazole rings is 1. The van der Waals surface area contributed by atoms with Crippen LogP contribution in [0, 0.1) is 6.92 Å². The van der Waals surface area contributed by atoms with E-state index in [9.17, 15) is 0 Å². The molecule has 0 bridgehead atoms. The van der Waals surface area contributed by atoms with Crippen molar-refractivity contribution < 1.29 is 14.2 Å². The van der Waals surface area contributed by atoms with Crippen LogP contribution in [0.25, 0.3) is 22.6 Å². The summed E-state index contributed by atoms with van der Waals surface area (Å²) in [5.74, 6) is 3.44. The molecule has 0 fully saturated rings. The van der Waals surface area contributed by atoms with E-state index in [1.165, 1.54) is 11.3 Å². The van der Waals surface area contributed by atoms with Gasteiger partial charge < -0.3 is 18.8 Å². The smallest absolute Gasteiger partial charge is 0.231 e. The Balaban J connectivity index is 1.46. The molecule has 232 valence electrons. The normalized spacial score (nSPS) is 12.2. The summed E-state index contributed by atoms with van der Waals surface area (Å²) in [6.45, 7) is 10.2. The van der Waals surface area contributed by atoms with E-state index >= 15 is 0 Å². The van der Waals surface area contributed by atoms with Gasteiger partial charge in [0.05, 0.1) is 18.0 Å². The van der Waals surface area contributed by atoms with Crippen molar-refractivity contribution >= 4 is 11.6 Å². The number of aromatic nitrogens is 2. The van der Waals surface area contributed by atoms with Crippen molar-refractivity contribution in [2.75, 3.05) is 13.4 Å². The van der Waals surface area contributed by atoms with E-state index in [1.807, 2.05) is 32.0 Å². The van der Waals surface area contributed by atoms with Crippen LogP contribution in [0.3, 0.4) is 0 Å². The Hall–Kier alpha value is -4.26. The van der Waals surface area contributed by atoms with Crippen molar-refractivity contribution in [3.63, 3.8) is 0 Å². The zero-order valence-electron chi connectivity index (χ0n) is 26.3. The zero-order valence-corrected chi connectivity index (χ0v) is 27.0. The van der Waals surface area contributed by atoms with Gasteiger partial charge in [0.2, 0.25) is 6.79 Å². The topological polar surface area (TPSA) is 48.8 Å². The van der Waals surface area contributed by atoms with E-state index in [2.05, 4.69) is 89.2 Å². The van der Waals surface area contributed by atoms with Gasteiger partial charge in [-0.2, -0.15) is 0 Å². The Morgan fingerprint density at radius 2 is 1.62 bits per heavy atom. The monoisotopic (exact) mass is 621 g/mol. The van der Waals surface area contributed by atoms with Gasteiger partial charge >= 0.3 is 0 Å². The number of hydrogen-bond donors (Lipinski definition) is 0. The molecule has 6 rings (SSSR count). The molecule has 0 radical (unpaired) electrons. The fraction of sp³-hybridized carbons (Fsp3) is 0.289. The summed E-state index contributed by atoms with van der Waals surface area (Å²) in [6.07, 6.45) is 2.14. The second-order valence-corrected chi connectivity index (χ2v) is 11.9. The zero-order chi connectivity index (χ0) is 31.2. The highest BCUT2D eigenvalue weighted by atomic mass is 35.5. The van der Waals surface area contributed by atoms with E-state index < -0.39 is 0 Å². The predicted octanol–water partition coefficient (Wildman–Crippen LogP) is 9.31. The second-order valence-electron chi connectivity index (χ2n) is 11.5. The fourth-order valence-corrected chi connectivity index (χ4v) is 6.00. The van der Waals surface area contributed by atoms with E-state index in [0.29, 0.717) is 19.7 Å². The van der Waals surface area contributed by atoms with Gasteiger partial charge in [-0.15, -0.1) is 0 Å². The Bertz CT molecular complexity index is 1750. The number of ether oxygens (including phenoxy) is 3. The lowest BCUT2D eigenvalue weighted by Gasteiger charge is -2.25. The third-order valence-electron chi connectivity index (χ3n) is 8.12. The summed E-state index contributed by atoms with van der Waals surface area (Å²) in [4.78, 5) is 7.82. The van der Waals surface area contributed by atoms with Crippen molar-refractivity contribution in [3.05, 3.63) is 118 Å². The molecule has 1 aliphatic rings. The van der Waals surface area contributed by atoms with Crippen LogP contribution in [0.5, 0.6) is 17.2 Å². The summed E-state index contributed by atoms with van der Waals surface area (Å²) in [6, 6.07) is 31.4. The first-order valence-electron chi connectivity index (χ1n) is 15.8. The maximum atomic E-state index is 6.69. The molecule has 0 atom stereocenters. The maximum Gasteiger partial charge on any atom is 0.231 e. The van der Waals surface area contributed by atoms with Gasteiger partial charge in [0.25, 0.3) is 0 Å². The average Bonchev–Trinajstić information content (AvgIpc) is 3.66. The van der Waals surface area contributed by atoms with Crippen LogP contribution >= 0.6 is 11.6 Å². The van der Waals surface area contributed by atoms with Crippen LogP contribution in [-0.2, 0) is 26.2 Å². The van der Waals surface area contributed by atoms with Crippen LogP contribution in [0.2, 0.25) is 5.02 Å². The number of unbranched alkanes of at least 4 members (excludes halogenated alkanes) is 1. The maximum absolute atomic E-state index is 6.69. The number of nitrogens with zero attached hydrogens (tertiary/aromatic N) is 3. The van der Waals surface area contributed by atoms with Crippen molar-refractivity contribution in [1.82, 2.24) is 14.5 Å². The number of aryl methyl sites for hydroxylation is 1. The molecule has 0 unspecified atom stereocenters. The summed E-state index contributed by atoms with van der Waals surface area (Å²) in [5.41, 5.74) is 7.65.